The summed E-state index contributed by atoms with van der Waals surface area (Å²) in [5.41, 5.74) is 1.58. The summed E-state index contributed by atoms with van der Waals surface area (Å²) in [7, 11) is 1.53. The molecule has 10 heteroatoms. The van der Waals surface area contributed by atoms with Gasteiger partial charge in [0.05, 0.1) is 29.9 Å². The van der Waals surface area contributed by atoms with Gasteiger partial charge in [-0.05, 0) is 12.1 Å². The normalized spacial score (nSPS) is 12.9. The highest BCUT2D eigenvalue weighted by Gasteiger charge is 2.23. The Morgan fingerprint density at radius 2 is 2.03 bits per heavy atom. The minimum absolute atomic E-state index is 0.0572. The zero-order valence-electron chi connectivity index (χ0n) is 17.6. The molecule has 8 nitrogen and oxygen atoms in total. The van der Waals surface area contributed by atoms with E-state index in [-0.39, 0.29) is 5.78 Å². The van der Waals surface area contributed by atoms with Gasteiger partial charge in [0.1, 0.15) is 0 Å². The van der Waals surface area contributed by atoms with Crippen LogP contribution in [0.25, 0.3) is 11.0 Å². The maximum absolute atomic E-state index is 12.7. The zero-order valence-corrected chi connectivity index (χ0v) is 19.2. The highest BCUT2D eigenvalue weighted by Crippen LogP contribution is 2.28. The number of carbonyl (C=O) groups excluding carboxylic acids is 1. The molecule has 0 radical (unpaired) electrons. The molecule has 0 atom stereocenters. The predicted octanol–water partition coefficient (Wildman–Crippen LogP) is 3.87. The molecule has 0 fully saturated rings. The first-order valence-corrected chi connectivity index (χ1v) is 12.2. The van der Waals surface area contributed by atoms with Crippen LogP contribution < -0.4 is 10.4 Å². The summed E-state index contributed by atoms with van der Waals surface area (Å²) < 4.78 is 12.5. The van der Waals surface area contributed by atoms with Gasteiger partial charge in [-0.3, -0.25) is 4.79 Å². The van der Waals surface area contributed by atoms with Crippen molar-refractivity contribution >= 4 is 46.0 Å². The Hall–Kier alpha value is -3.37. The summed E-state index contributed by atoms with van der Waals surface area (Å²) in [6.45, 7) is 0. The molecule has 0 saturated carbocycles. The number of hydrogen-bond acceptors (Lipinski definition) is 9. The lowest BCUT2D eigenvalue weighted by atomic mass is 10.1. The minimum atomic E-state index is -0.479. The number of hydrogen-bond donors (Lipinski definition) is 0. The highest BCUT2D eigenvalue weighted by atomic mass is 32.2. The van der Waals surface area contributed by atoms with Crippen LogP contribution in [0, 0.1) is 0 Å². The number of aromatic nitrogens is 3. The molecule has 5 rings (SSSR count). The largest absolute Gasteiger partial charge is 0.493 e. The molecule has 3 heterocycles. The summed E-state index contributed by atoms with van der Waals surface area (Å²) in [6, 6.07) is 16.4. The number of fused-ring (bicyclic) bond motifs is 2. The average Bonchev–Trinajstić information content (AvgIpc) is 3.26. The van der Waals surface area contributed by atoms with Crippen molar-refractivity contribution in [3.63, 3.8) is 0 Å². The van der Waals surface area contributed by atoms with E-state index >= 15 is 0 Å². The molecule has 33 heavy (non-hydrogen) atoms. The molecule has 0 spiro atoms. The van der Waals surface area contributed by atoms with Crippen LogP contribution in [-0.4, -0.2) is 45.0 Å². The smallest absolute Gasteiger partial charge is 0.345 e. The van der Waals surface area contributed by atoms with Gasteiger partial charge in [0.25, 0.3) is 0 Å². The summed E-state index contributed by atoms with van der Waals surface area (Å²) in [5.74, 6) is 2.44. The van der Waals surface area contributed by atoms with Crippen LogP contribution in [0.5, 0.6) is 5.75 Å². The van der Waals surface area contributed by atoms with Gasteiger partial charge in [0.2, 0.25) is 5.16 Å². The van der Waals surface area contributed by atoms with E-state index in [1.54, 1.807) is 28.9 Å². The van der Waals surface area contributed by atoms with Crippen LogP contribution in [0.4, 0.5) is 0 Å². The van der Waals surface area contributed by atoms with Gasteiger partial charge in [0.15, 0.2) is 22.9 Å². The fourth-order valence-corrected chi connectivity index (χ4v) is 5.08. The van der Waals surface area contributed by atoms with Crippen molar-refractivity contribution in [3.05, 3.63) is 82.0 Å². The van der Waals surface area contributed by atoms with Crippen LogP contribution in [0.1, 0.15) is 21.7 Å². The lowest BCUT2D eigenvalue weighted by Gasteiger charge is -2.13. The number of rotatable bonds is 7. The molecule has 0 saturated heterocycles. The molecule has 1 aliphatic rings. The Labute approximate surface area is 197 Å². The zero-order chi connectivity index (χ0) is 22.8. The van der Waals surface area contributed by atoms with E-state index < -0.39 is 5.63 Å². The fourth-order valence-electron chi connectivity index (χ4n) is 3.41. The number of ketones is 1. The summed E-state index contributed by atoms with van der Waals surface area (Å²) in [4.78, 5) is 25.1. The molecular formula is C23H18N4O4S2. The number of benzene rings is 2. The number of ether oxygens (including phenoxy) is 1. The first kappa shape index (κ1) is 21.5. The predicted molar refractivity (Wildman–Crippen MR) is 129 cm³/mol. The number of nitrogens with zero attached hydrogens (tertiary/aromatic N) is 4. The van der Waals surface area contributed by atoms with Gasteiger partial charge in [-0.2, -0.15) is 9.78 Å². The Morgan fingerprint density at radius 3 is 2.85 bits per heavy atom. The average molecular weight is 479 g/mol. The van der Waals surface area contributed by atoms with E-state index in [9.17, 15) is 9.59 Å². The second-order valence-corrected chi connectivity index (χ2v) is 9.08. The van der Waals surface area contributed by atoms with Crippen LogP contribution >= 0.6 is 23.5 Å². The van der Waals surface area contributed by atoms with E-state index in [0.717, 1.165) is 5.39 Å². The molecule has 2 aromatic heterocycles. The van der Waals surface area contributed by atoms with Crippen molar-refractivity contribution in [2.75, 3.05) is 18.6 Å². The molecule has 0 unspecified atom stereocenters. The van der Waals surface area contributed by atoms with E-state index in [1.807, 2.05) is 30.3 Å². The van der Waals surface area contributed by atoms with Crippen molar-refractivity contribution in [3.8, 4) is 5.75 Å². The number of carbonyl (C=O) groups is 1. The van der Waals surface area contributed by atoms with Crippen molar-refractivity contribution in [1.29, 1.82) is 0 Å². The van der Waals surface area contributed by atoms with Crippen LogP contribution in [0.15, 0.2) is 74.1 Å². The summed E-state index contributed by atoms with van der Waals surface area (Å²) in [5, 5.41) is 14.5. The van der Waals surface area contributed by atoms with Crippen molar-refractivity contribution in [2.24, 2.45) is 5.10 Å². The van der Waals surface area contributed by atoms with E-state index in [4.69, 9.17) is 9.15 Å². The summed E-state index contributed by atoms with van der Waals surface area (Å²) >= 11 is 2.90. The SMILES string of the molecule is COc1cccc2cc(C3=Nn4c(CSCC(=O)c5ccccc5)nnc4SC3)c(=O)oc12. The fraction of sp³-hybridized carbons (Fsp3) is 0.174. The van der Waals surface area contributed by atoms with Gasteiger partial charge >= 0.3 is 5.63 Å². The molecule has 1 aliphatic heterocycles. The Balaban J connectivity index is 1.38. The van der Waals surface area contributed by atoms with Gasteiger partial charge in [0, 0.05) is 16.7 Å². The van der Waals surface area contributed by atoms with E-state index in [2.05, 4.69) is 15.3 Å². The Morgan fingerprint density at radius 1 is 1.18 bits per heavy atom. The minimum Gasteiger partial charge on any atom is -0.493 e. The summed E-state index contributed by atoms with van der Waals surface area (Å²) in [6.07, 6.45) is 0. The maximum Gasteiger partial charge on any atom is 0.345 e. The van der Waals surface area contributed by atoms with Crippen LogP contribution in [-0.2, 0) is 5.75 Å². The van der Waals surface area contributed by atoms with Crippen molar-refractivity contribution in [2.45, 2.75) is 10.9 Å². The second kappa shape index (κ2) is 9.24. The third-order valence-electron chi connectivity index (χ3n) is 5.05. The lowest BCUT2D eigenvalue weighted by Crippen LogP contribution is -2.21. The third-order valence-corrected chi connectivity index (χ3v) is 6.91. The number of para-hydroxylation sites is 1. The molecule has 0 bridgehead atoms. The van der Waals surface area contributed by atoms with Crippen LogP contribution in [0.2, 0.25) is 0 Å². The first-order valence-electron chi connectivity index (χ1n) is 10.1. The molecule has 0 N–H and O–H groups in total. The molecule has 0 aliphatic carbocycles. The van der Waals surface area contributed by atoms with Gasteiger partial charge in [-0.1, -0.05) is 54.2 Å². The molecule has 166 valence electrons. The van der Waals surface area contributed by atoms with Crippen LogP contribution in [0.3, 0.4) is 0 Å². The topological polar surface area (TPSA) is 99.6 Å². The third kappa shape index (κ3) is 4.31. The van der Waals surface area contributed by atoms with Gasteiger partial charge in [-0.25, -0.2) is 4.79 Å². The van der Waals surface area contributed by atoms with Gasteiger partial charge in [-0.15, -0.1) is 22.0 Å². The van der Waals surface area contributed by atoms with E-state index in [0.29, 0.717) is 56.4 Å². The van der Waals surface area contributed by atoms with Crippen molar-refractivity contribution < 1.29 is 13.9 Å². The lowest BCUT2D eigenvalue weighted by molar-refractivity contribution is 0.102. The molecule has 2 aromatic carbocycles. The maximum atomic E-state index is 12.7. The second-order valence-electron chi connectivity index (χ2n) is 7.15. The molecular weight excluding hydrogens is 460 g/mol. The number of Topliss-reactive ketones (excluding diaryl/α,β-unsaturated/α-hetero) is 1. The highest BCUT2D eigenvalue weighted by molar-refractivity contribution is 8.00. The Kier molecular flexibility index (Phi) is 6.01. The quantitative estimate of drug-likeness (QED) is 0.292. The van der Waals surface area contributed by atoms with E-state index in [1.165, 1.54) is 30.6 Å². The Bertz CT molecular complexity index is 1430. The van der Waals surface area contributed by atoms with Gasteiger partial charge < -0.3 is 9.15 Å². The number of thioether (sulfide) groups is 2. The first-order chi connectivity index (χ1) is 16.1. The number of methoxy groups -OCH3 is 1. The molecule has 0 amide bonds. The monoisotopic (exact) mass is 478 g/mol. The molecule has 4 aromatic rings. The standard InChI is InChI=1S/C23H18N4O4S2/c1-30-19-9-5-8-15-10-16(22(29)31-21(15)19)17-11-33-23-25-24-20(27(23)26-17)13-32-12-18(28)14-6-3-2-4-7-14/h2-10H,11-13H2,1H3. The van der Waals surface area contributed by atoms with Crippen molar-refractivity contribution in [1.82, 2.24) is 14.9 Å².